The number of hydrogen-bond acceptors (Lipinski definition) is 4. The number of rotatable bonds is 4. The highest BCUT2D eigenvalue weighted by molar-refractivity contribution is 5.92. The van der Waals surface area contributed by atoms with Crippen molar-refractivity contribution in [3.8, 4) is 0 Å². The van der Waals surface area contributed by atoms with Crippen LogP contribution < -0.4 is 5.73 Å². The second-order valence-electron chi connectivity index (χ2n) is 4.73. The molecule has 0 fully saturated rings. The lowest BCUT2D eigenvalue weighted by Crippen LogP contribution is -2.11. The van der Waals surface area contributed by atoms with Gasteiger partial charge in [-0.2, -0.15) is 0 Å². The van der Waals surface area contributed by atoms with Gasteiger partial charge in [-0.3, -0.25) is 4.98 Å². The maximum atomic E-state index is 12.0. The number of aryl methyl sites for hydroxylation is 2. The molecule has 1 aromatic carbocycles. The summed E-state index contributed by atoms with van der Waals surface area (Å²) in [4.78, 5) is 16.2. The summed E-state index contributed by atoms with van der Waals surface area (Å²) in [6, 6.07) is 9.24. The molecule has 0 saturated carbocycles. The van der Waals surface area contributed by atoms with Crippen LogP contribution in [-0.4, -0.2) is 17.6 Å². The fraction of sp³-hybridized carbons (Fsp3) is 0.250. The minimum atomic E-state index is -0.342. The lowest BCUT2D eigenvalue weighted by Gasteiger charge is -2.09. The molecule has 0 atom stereocenters. The van der Waals surface area contributed by atoms with Gasteiger partial charge >= 0.3 is 5.97 Å². The molecule has 4 nitrogen and oxygen atoms in total. The number of esters is 1. The van der Waals surface area contributed by atoms with Gasteiger partial charge in [-0.05, 0) is 43.2 Å². The van der Waals surface area contributed by atoms with Gasteiger partial charge in [0.25, 0.3) is 0 Å². The van der Waals surface area contributed by atoms with Crippen LogP contribution in [0, 0.1) is 13.8 Å². The molecule has 104 valence electrons. The van der Waals surface area contributed by atoms with Crippen molar-refractivity contribution in [1.29, 1.82) is 0 Å². The summed E-state index contributed by atoms with van der Waals surface area (Å²) in [5.41, 5.74) is 9.70. The van der Waals surface area contributed by atoms with Crippen molar-refractivity contribution in [3.63, 3.8) is 0 Å². The molecule has 0 spiro atoms. The molecule has 4 heteroatoms. The number of nitrogens with two attached hydrogens (primary N) is 1. The molecule has 0 saturated heterocycles. The van der Waals surface area contributed by atoms with E-state index in [9.17, 15) is 4.79 Å². The Labute approximate surface area is 118 Å². The largest absolute Gasteiger partial charge is 0.462 e. The van der Waals surface area contributed by atoms with Crippen LogP contribution in [0.4, 0.5) is 5.69 Å². The van der Waals surface area contributed by atoms with Crippen LogP contribution >= 0.6 is 0 Å². The van der Waals surface area contributed by atoms with Crippen LogP contribution in [0.15, 0.2) is 36.5 Å². The number of pyridine rings is 1. The van der Waals surface area contributed by atoms with Crippen LogP contribution in [0.5, 0.6) is 0 Å². The molecule has 1 heterocycles. The van der Waals surface area contributed by atoms with Gasteiger partial charge in [-0.15, -0.1) is 0 Å². The summed E-state index contributed by atoms with van der Waals surface area (Å²) >= 11 is 0. The fourth-order valence-electron chi connectivity index (χ4n) is 1.96. The van der Waals surface area contributed by atoms with Gasteiger partial charge in [-0.1, -0.05) is 12.1 Å². The number of anilines is 1. The van der Waals surface area contributed by atoms with E-state index >= 15 is 0 Å². The number of benzene rings is 1. The molecular formula is C16H18N2O2. The Bertz CT molecular complexity index is 609. The molecule has 0 radical (unpaired) electrons. The second kappa shape index (κ2) is 6.19. The number of hydrogen-bond donors (Lipinski definition) is 1. The van der Waals surface area contributed by atoms with Crippen molar-refractivity contribution in [3.05, 3.63) is 58.9 Å². The Balaban J connectivity index is 1.97. The summed E-state index contributed by atoms with van der Waals surface area (Å²) in [6.45, 7) is 4.10. The van der Waals surface area contributed by atoms with E-state index < -0.39 is 0 Å². The minimum Gasteiger partial charge on any atom is -0.462 e. The lowest BCUT2D eigenvalue weighted by molar-refractivity contribution is 0.0507. The van der Waals surface area contributed by atoms with Crippen LogP contribution in [0.2, 0.25) is 0 Å². The van der Waals surface area contributed by atoms with Gasteiger partial charge in [0.15, 0.2) is 0 Å². The van der Waals surface area contributed by atoms with E-state index in [0.29, 0.717) is 24.3 Å². The summed E-state index contributed by atoms with van der Waals surface area (Å²) < 4.78 is 5.27. The Morgan fingerprint density at radius 2 is 2.05 bits per heavy atom. The van der Waals surface area contributed by atoms with E-state index in [4.69, 9.17) is 10.5 Å². The molecule has 2 N–H and O–H groups in total. The van der Waals surface area contributed by atoms with Gasteiger partial charge in [0, 0.05) is 24.0 Å². The van der Waals surface area contributed by atoms with Crippen molar-refractivity contribution in [1.82, 2.24) is 4.98 Å². The smallest absolute Gasteiger partial charge is 0.338 e. The zero-order valence-electron chi connectivity index (χ0n) is 11.7. The quantitative estimate of drug-likeness (QED) is 0.685. The van der Waals surface area contributed by atoms with Crippen LogP contribution in [0.25, 0.3) is 0 Å². The summed E-state index contributed by atoms with van der Waals surface area (Å²) in [6.07, 6.45) is 2.33. The predicted molar refractivity (Wildman–Crippen MR) is 78.6 cm³/mol. The Hall–Kier alpha value is -2.36. The van der Waals surface area contributed by atoms with E-state index in [-0.39, 0.29) is 5.97 Å². The molecule has 0 bridgehead atoms. The Morgan fingerprint density at radius 3 is 2.75 bits per heavy atom. The molecule has 0 aliphatic carbocycles. The lowest BCUT2D eigenvalue weighted by atomic mass is 10.0. The molecule has 2 rings (SSSR count). The van der Waals surface area contributed by atoms with E-state index in [1.54, 1.807) is 12.3 Å². The highest BCUT2D eigenvalue weighted by Gasteiger charge is 2.12. The number of carbonyl (C=O) groups excluding carboxylic acids is 1. The maximum Gasteiger partial charge on any atom is 0.338 e. The number of nitrogens with zero attached hydrogens (tertiary/aromatic N) is 1. The van der Waals surface area contributed by atoms with Crippen molar-refractivity contribution in [2.45, 2.75) is 20.3 Å². The van der Waals surface area contributed by atoms with E-state index in [0.717, 1.165) is 16.8 Å². The molecule has 2 aromatic rings. The Morgan fingerprint density at radius 1 is 1.25 bits per heavy atom. The minimum absolute atomic E-state index is 0.309. The zero-order chi connectivity index (χ0) is 14.5. The monoisotopic (exact) mass is 270 g/mol. The third kappa shape index (κ3) is 3.35. The molecule has 0 amide bonds. The first kappa shape index (κ1) is 14.1. The number of aromatic nitrogens is 1. The van der Waals surface area contributed by atoms with Gasteiger partial charge < -0.3 is 10.5 Å². The summed E-state index contributed by atoms with van der Waals surface area (Å²) in [7, 11) is 0. The van der Waals surface area contributed by atoms with E-state index in [1.165, 1.54) is 0 Å². The standard InChI is InChI=1S/C16H18N2O2/c1-11-9-12(2)15(17)10-14(11)16(19)20-8-6-13-5-3-4-7-18-13/h3-5,7,9-10H,6,8,17H2,1-2H3. The van der Waals surface area contributed by atoms with Crippen molar-refractivity contribution >= 4 is 11.7 Å². The van der Waals surface area contributed by atoms with Crippen molar-refractivity contribution < 1.29 is 9.53 Å². The maximum absolute atomic E-state index is 12.0. The summed E-state index contributed by atoms with van der Waals surface area (Å²) in [5, 5.41) is 0. The third-order valence-corrected chi connectivity index (χ3v) is 3.15. The van der Waals surface area contributed by atoms with Crippen molar-refractivity contribution in [2.75, 3.05) is 12.3 Å². The molecule has 1 aromatic heterocycles. The molecule has 0 aliphatic heterocycles. The first-order chi connectivity index (χ1) is 9.58. The first-order valence-corrected chi connectivity index (χ1v) is 6.51. The van der Waals surface area contributed by atoms with Crippen molar-refractivity contribution in [2.24, 2.45) is 0 Å². The van der Waals surface area contributed by atoms with Gasteiger partial charge in [0.1, 0.15) is 0 Å². The molecule has 0 unspecified atom stereocenters. The molecular weight excluding hydrogens is 252 g/mol. The van der Waals surface area contributed by atoms with Crippen LogP contribution in [0.3, 0.4) is 0 Å². The Kier molecular flexibility index (Phi) is 4.35. The fourth-order valence-corrected chi connectivity index (χ4v) is 1.96. The average Bonchev–Trinajstić information content (AvgIpc) is 2.44. The first-order valence-electron chi connectivity index (χ1n) is 6.51. The number of carbonyl (C=O) groups is 1. The molecule has 0 aliphatic rings. The SMILES string of the molecule is Cc1cc(C)c(C(=O)OCCc2ccccn2)cc1N. The van der Waals surface area contributed by atoms with Gasteiger partial charge in [0.05, 0.1) is 12.2 Å². The number of nitrogen functional groups attached to an aromatic ring is 1. The van der Waals surface area contributed by atoms with Crippen LogP contribution in [-0.2, 0) is 11.2 Å². The average molecular weight is 270 g/mol. The normalized spacial score (nSPS) is 10.3. The summed E-state index contributed by atoms with van der Waals surface area (Å²) in [5.74, 6) is -0.342. The van der Waals surface area contributed by atoms with Gasteiger partial charge in [-0.25, -0.2) is 4.79 Å². The predicted octanol–water partition coefficient (Wildman–Crippen LogP) is 2.68. The van der Waals surface area contributed by atoms with E-state index in [2.05, 4.69) is 4.98 Å². The highest BCUT2D eigenvalue weighted by atomic mass is 16.5. The number of ether oxygens (including phenoxy) is 1. The highest BCUT2D eigenvalue weighted by Crippen LogP contribution is 2.18. The van der Waals surface area contributed by atoms with Gasteiger partial charge in [0.2, 0.25) is 0 Å². The topological polar surface area (TPSA) is 65.2 Å². The van der Waals surface area contributed by atoms with Crippen LogP contribution in [0.1, 0.15) is 27.2 Å². The molecule has 20 heavy (non-hydrogen) atoms. The second-order valence-corrected chi connectivity index (χ2v) is 4.73. The zero-order valence-corrected chi connectivity index (χ0v) is 11.7. The third-order valence-electron chi connectivity index (χ3n) is 3.15. The van der Waals surface area contributed by atoms with E-state index in [1.807, 2.05) is 38.1 Å².